The van der Waals surface area contributed by atoms with Crippen LogP contribution >= 0.6 is 0 Å². The lowest BCUT2D eigenvalue weighted by Gasteiger charge is -2.47. The Hall–Kier alpha value is -2.59. The van der Waals surface area contributed by atoms with E-state index in [2.05, 4.69) is 0 Å². The van der Waals surface area contributed by atoms with E-state index < -0.39 is 114 Å². The molecule has 0 unspecified atom stereocenters. The van der Waals surface area contributed by atoms with Crippen LogP contribution in [0.25, 0.3) is 0 Å². The summed E-state index contributed by atoms with van der Waals surface area (Å²) in [6.07, 6.45) is -8.45. The van der Waals surface area contributed by atoms with Gasteiger partial charge in [0.25, 0.3) is 0 Å². The van der Waals surface area contributed by atoms with Gasteiger partial charge in [-0.2, -0.15) is 162 Å². The van der Waals surface area contributed by atoms with Gasteiger partial charge in [0.15, 0.2) is 0 Å². The van der Waals surface area contributed by atoms with Gasteiger partial charge in [-0.05, 0) is 0 Å². The van der Waals surface area contributed by atoms with Crippen LogP contribution in [0.2, 0.25) is 0 Å². The van der Waals surface area contributed by atoms with Gasteiger partial charge in [0.2, 0.25) is 0 Å². The van der Waals surface area contributed by atoms with Gasteiger partial charge < -0.3 is 0 Å². The van der Waals surface area contributed by atoms with E-state index in [0.29, 0.717) is 0 Å². The summed E-state index contributed by atoms with van der Waals surface area (Å²) in [5, 5.41) is 0. The summed E-state index contributed by atoms with van der Waals surface area (Å²) >= 11 is 0. The highest BCUT2D eigenvalue weighted by atomic mass is 19.4. The molecule has 0 spiro atoms. The summed E-state index contributed by atoms with van der Waals surface area (Å²) in [4.78, 5) is 0. The fraction of sp³-hybridized carbons (Fsp3) is 1.00. The maximum Gasteiger partial charge on any atom is 0.460 e. The van der Waals surface area contributed by atoms with Gasteiger partial charge >= 0.3 is 107 Å². The van der Waals surface area contributed by atoms with Gasteiger partial charge in [-0.1, -0.05) is 0 Å². The van der Waals surface area contributed by atoms with Crippen molar-refractivity contribution in [2.45, 2.75) is 114 Å². The van der Waals surface area contributed by atoms with E-state index >= 15 is 0 Å². The highest BCUT2D eigenvalue weighted by molar-refractivity contribution is 5.22. The Bertz CT molecular complexity index is 1320. The Morgan fingerprint density at radius 3 is 0.321 bits per heavy atom. The van der Waals surface area contributed by atoms with Crippen LogP contribution in [0.15, 0.2) is 0 Å². The zero-order valence-electron chi connectivity index (χ0n) is 24.0. The molecular weight excluding hydrogens is 931 g/mol. The molecule has 0 aliphatic heterocycles. The predicted molar refractivity (Wildman–Crippen MR) is 95.8 cm³/mol. The molecule has 37 heteroatoms. The first-order valence-corrected chi connectivity index (χ1v) is 11.7. The number of alkyl halides is 37. The van der Waals surface area contributed by atoms with Gasteiger partial charge in [-0.15, -0.1) is 0 Å². The molecule has 0 aliphatic rings. The molecule has 0 N–H and O–H groups in total. The zero-order chi connectivity index (χ0) is 47.0. The van der Waals surface area contributed by atoms with E-state index in [4.69, 9.17) is 0 Å². The molecule has 0 saturated carbocycles. The number of rotatable bonds is 16. The van der Waals surface area contributed by atoms with Crippen molar-refractivity contribution in [3.05, 3.63) is 0 Å². The number of hydrogen-bond donors (Lipinski definition) is 0. The molecule has 0 aromatic heterocycles. The quantitative estimate of drug-likeness (QED) is 0.135. The van der Waals surface area contributed by atoms with E-state index in [1.165, 1.54) is 0 Å². The Labute approximate surface area is 277 Å². The van der Waals surface area contributed by atoms with E-state index in [1.54, 1.807) is 0 Å². The summed E-state index contributed by atoms with van der Waals surface area (Å²) < 4.78 is 495. The molecule has 56 heavy (non-hydrogen) atoms. The third kappa shape index (κ3) is 5.77. The second-order valence-electron chi connectivity index (χ2n) is 10.6. The maximum atomic E-state index is 13.8. The molecule has 338 valence electrons. The molecule has 0 rings (SSSR count). The van der Waals surface area contributed by atoms with Gasteiger partial charge in [-0.25, -0.2) is 0 Å². The fourth-order valence-corrected chi connectivity index (χ4v) is 3.21. The van der Waals surface area contributed by atoms with Crippen LogP contribution in [0.4, 0.5) is 162 Å². The van der Waals surface area contributed by atoms with Crippen molar-refractivity contribution >= 4 is 0 Å². The average Bonchev–Trinajstić information content (AvgIpc) is 2.94. The van der Waals surface area contributed by atoms with Crippen LogP contribution in [0, 0.1) is 0 Å². The Morgan fingerprint density at radius 2 is 0.232 bits per heavy atom. The molecule has 0 saturated heterocycles. The van der Waals surface area contributed by atoms with E-state index in [0.717, 1.165) is 0 Å². The van der Waals surface area contributed by atoms with E-state index in [1.807, 2.05) is 0 Å². The Kier molecular flexibility index (Phi) is 11.9. The minimum Gasteiger partial charge on any atom is -0.200 e. The smallest absolute Gasteiger partial charge is 0.200 e. The van der Waals surface area contributed by atoms with Crippen molar-refractivity contribution in [3.63, 3.8) is 0 Å². The summed E-state index contributed by atoms with van der Waals surface area (Å²) in [7, 11) is 0. The van der Waals surface area contributed by atoms with Crippen LogP contribution in [0.5, 0.6) is 0 Å². The van der Waals surface area contributed by atoms with Crippen molar-refractivity contribution in [1.29, 1.82) is 0 Å². The SMILES string of the molecule is CC(F)(F)C(F)(F)C(F)(F)C(F)(F)C(F)(F)C(F)(F)C(F)(F)C(F)(F)C(F)(F)C(F)(F)C(F)(F)C(F)(F)C(F)(F)C(F)(F)C(F)(F)C(F)(F)C(F)(F)C(F)(F)F. The monoisotopic (exact) mass is 934 g/mol. The normalized spacial score (nSPS) is 17.5. The summed E-state index contributed by atoms with van der Waals surface area (Å²) in [6.45, 7) is -1.72. The summed E-state index contributed by atoms with van der Waals surface area (Å²) in [5.41, 5.74) is 0. The predicted octanol–water partition coefficient (Wildman–Crippen LogP) is 12.4. The van der Waals surface area contributed by atoms with Crippen molar-refractivity contribution in [1.82, 2.24) is 0 Å². The molecule has 0 bridgehead atoms. The fourth-order valence-electron chi connectivity index (χ4n) is 3.21. The average molecular weight is 934 g/mol. The van der Waals surface area contributed by atoms with Crippen molar-refractivity contribution < 1.29 is 162 Å². The molecule has 0 aromatic rings. The second kappa shape index (κ2) is 12.5. The van der Waals surface area contributed by atoms with Crippen molar-refractivity contribution in [2.75, 3.05) is 0 Å². The maximum absolute atomic E-state index is 13.8. The van der Waals surface area contributed by atoms with Crippen LogP contribution in [-0.2, 0) is 0 Å². The highest BCUT2D eigenvalue weighted by Gasteiger charge is 3.02. The van der Waals surface area contributed by atoms with Gasteiger partial charge in [0.05, 0.1) is 0 Å². The second-order valence-corrected chi connectivity index (χ2v) is 10.6. The standard InChI is InChI=1S/C19H3F37/c1-2(20,21)3(22,23)4(24,25)5(26,27)6(28,29)7(30,31)8(32,33)9(34,35)10(36,37)11(38,39)12(40,41)13(42,43)14(44,45)15(46,47)16(48,49)17(50,51)18(52,53)19(54,55)56/h1H3. The first-order chi connectivity index (χ1) is 23.2. The molecule has 0 heterocycles. The molecule has 0 fully saturated rings. The topological polar surface area (TPSA) is 0 Å². The minimum atomic E-state index is -10.4. The highest BCUT2D eigenvalue weighted by Crippen LogP contribution is 2.70. The van der Waals surface area contributed by atoms with Gasteiger partial charge in [-0.3, -0.25) is 0 Å². The van der Waals surface area contributed by atoms with Crippen molar-refractivity contribution in [2.24, 2.45) is 0 Å². The number of halogens is 37. The first kappa shape index (κ1) is 53.4. The summed E-state index contributed by atoms with van der Waals surface area (Å²) in [5.74, 6) is -165. The Balaban J connectivity index is 7.85. The summed E-state index contributed by atoms with van der Waals surface area (Å²) in [6, 6.07) is 0. The largest absolute Gasteiger partial charge is 0.460 e. The lowest BCUT2D eigenvalue weighted by molar-refractivity contribution is -0.493. The van der Waals surface area contributed by atoms with Crippen LogP contribution < -0.4 is 0 Å². The third-order valence-corrected chi connectivity index (χ3v) is 6.82. The van der Waals surface area contributed by atoms with Crippen LogP contribution in [0.3, 0.4) is 0 Å². The van der Waals surface area contributed by atoms with E-state index in [9.17, 15) is 162 Å². The van der Waals surface area contributed by atoms with Crippen molar-refractivity contribution in [3.8, 4) is 0 Å². The molecule has 0 nitrogen and oxygen atoms in total. The molecular formula is C19H3F37. The molecule has 0 atom stereocenters. The number of hydrogen-bond acceptors (Lipinski definition) is 0. The lowest BCUT2D eigenvalue weighted by atomic mass is 9.82. The van der Waals surface area contributed by atoms with Gasteiger partial charge in [0.1, 0.15) is 0 Å². The Morgan fingerprint density at radius 1 is 0.143 bits per heavy atom. The third-order valence-electron chi connectivity index (χ3n) is 6.82. The molecule has 0 amide bonds. The molecule has 0 aromatic carbocycles. The minimum absolute atomic E-state index is 1.72. The molecule has 0 aliphatic carbocycles. The lowest BCUT2D eigenvalue weighted by Crippen LogP contribution is -2.80. The first-order valence-electron chi connectivity index (χ1n) is 11.7. The van der Waals surface area contributed by atoms with E-state index in [-0.39, 0.29) is 0 Å². The van der Waals surface area contributed by atoms with Crippen LogP contribution in [0.1, 0.15) is 6.92 Å². The molecule has 0 radical (unpaired) electrons. The van der Waals surface area contributed by atoms with Crippen LogP contribution in [-0.4, -0.2) is 107 Å². The van der Waals surface area contributed by atoms with Gasteiger partial charge in [0, 0.05) is 6.92 Å². The zero-order valence-corrected chi connectivity index (χ0v) is 24.0.